The van der Waals surface area contributed by atoms with E-state index in [0.717, 1.165) is 105 Å². The van der Waals surface area contributed by atoms with Crippen LogP contribution in [-0.4, -0.2) is 19.1 Å². The summed E-state index contributed by atoms with van der Waals surface area (Å²) in [5.74, 6) is 0.681. The third-order valence-electron chi connectivity index (χ3n) is 12.3. The minimum atomic E-state index is 0.681. The fraction of sp³-hybridized carbons (Fsp3) is 0. The second-order valence-electron chi connectivity index (χ2n) is 15.7. The van der Waals surface area contributed by atoms with Gasteiger partial charge in [0.15, 0.2) is 5.82 Å². The predicted molar refractivity (Wildman–Crippen MR) is 252 cm³/mol. The molecule has 5 heteroatoms. The van der Waals surface area contributed by atoms with Crippen molar-refractivity contribution in [3.63, 3.8) is 0 Å². The minimum absolute atomic E-state index is 0.681. The molecular formula is C56H34N4O. The van der Waals surface area contributed by atoms with Crippen LogP contribution in [0.3, 0.4) is 0 Å². The minimum Gasteiger partial charge on any atom is -0.455 e. The van der Waals surface area contributed by atoms with Crippen LogP contribution in [-0.2, 0) is 0 Å². The molecule has 5 nitrogen and oxygen atoms in total. The van der Waals surface area contributed by atoms with Gasteiger partial charge < -0.3 is 13.6 Å². The molecule has 0 saturated carbocycles. The summed E-state index contributed by atoms with van der Waals surface area (Å²) < 4.78 is 11.9. The first-order chi connectivity index (χ1) is 30.3. The molecule has 0 spiro atoms. The van der Waals surface area contributed by atoms with E-state index >= 15 is 0 Å². The molecule has 4 heterocycles. The molecule has 0 fully saturated rings. The van der Waals surface area contributed by atoms with Crippen LogP contribution < -0.4 is 0 Å². The first-order valence-corrected chi connectivity index (χ1v) is 20.7. The lowest BCUT2D eigenvalue weighted by Crippen LogP contribution is -2.01. The molecule has 284 valence electrons. The summed E-state index contributed by atoms with van der Waals surface area (Å²) in [7, 11) is 0. The Hall–Kier alpha value is -8.28. The number of fused-ring (bicyclic) bond motifs is 13. The summed E-state index contributed by atoms with van der Waals surface area (Å²) in [5.41, 5.74) is 14.3. The van der Waals surface area contributed by atoms with Crippen molar-refractivity contribution in [2.75, 3.05) is 0 Å². The molecule has 0 aliphatic carbocycles. The van der Waals surface area contributed by atoms with Crippen LogP contribution in [0, 0.1) is 0 Å². The van der Waals surface area contributed by atoms with Gasteiger partial charge in [-0.1, -0.05) is 152 Å². The summed E-state index contributed by atoms with van der Waals surface area (Å²) in [6.45, 7) is 0. The van der Waals surface area contributed by atoms with Crippen LogP contribution in [0.2, 0.25) is 0 Å². The van der Waals surface area contributed by atoms with Crippen LogP contribution in [0.1, 0.15) is 0 Å². The highest BCUT2D eigenvalue weighted by molar-refractivity contribution is 6.39. The molecule has 13 rings (SSSR count). The average Bonchev–Trinajstić information content (AvgIpc) is 4.00. The molecule has 0 amide bonds. The van der Waals surface area contributed by atoms with E-state index in [1.807, 2.05) is 12.1 Å². The summed E-state index contributed by atoms with van der Waals surface area (Å²) in [4.78, 5) is 10.6. The molecule has 0 radical (unpaired) electrons. The Morgan fingerprint density at radius 2 is 0.934 bits per heavy atom. The second kappa shape index (κ2) is 13.1. The van der Waals surface area contributed by atoms with E-state index in [2.05, 4.69) is 203 Å². The van der Waals surface area contributed by atoms with E-state index in [9.17, 15) is 0 Å². The van der Waals surface area contributed by atoms with E-state index in [4.69, 9.17) is 14.4 Å². The van der Waals surface area contributed by atoms with Crippen molar-refractivity contribution in [1.29, 1.82) is 0 Å². The molecule has 0 unspecified atom stereocenters. The van der Waals surface area contributed by atoms with Gasteiger partial charge in [0, 0.05) is 54.8 Å². The van der Waals surface area contributed by atoms with Crippen molar-refractivity contribution in [3.05, 3.63) is 206 Å². The van der Waals surface area contributed by atoms with Gasteiger partial charge in [0.25, 0.3) is 0 Å². The highest BCUT2D eigenvalue weighted by Crippen LogP contribution is 2.50. The van der Waals surface area contributed by atoms with Crippen LogP contribution in [0.4, 0.5) is 0 Å². The van der Waals surface area contributed by atoms with Gasteiger partial charge in [-0.25, -0.2) is 9.97 Å². The van der Waals surface area contributed by atoms with Crippen LogP contribution in [0.15, 0.2) is 211 Å². The number of furan rings is 1. The molecule has 0 aliphatic rings. The molecular weight excluding hydrogens is 745 g/mol. The van der Waals surface area contributed by atoms with Gasteiger partial charge in [-0.2, -0.15) is 0 Å². The highest BCUT2D eigenvalue weighted by atomic mass is 16.3. The van der Waals surface area contributed by atoms with Crippen LogP contribution in [0.5, 0.6) is 0 Å². The molecule has 9 aromatic carbocycles. The van der Waals surface area contributed by atoms with Crippen molar-refractivity contribution in [2.45, 2.75) is 0 Å². The van der Waals surface area contributed by atoms with Crippen LogP contribution >= 0.6 is 0 Å². The number of rotatable bonds is 5. The highest BCUT2D eigenvalue weighted by Gasteiger charge is 2.28. The van der Waals surface area contributed by atoms with E-state index in [0.29, 0.717) is 5.82 Å². The molecule has 0 aliphatic heterocycles. The van der Waals surface area contributed by atoms with Crippen molar-refractivity contribution >= 4 is 76.5 Å². The summed E-state index contributed by atoms with van der Waals surface area (Å²) in [6.07, 6.45) is 0. The Kier molecular flexibility index (Phi) is 7.24. The average molecular weight is 779 g/mol. The lowest BCUT2D eigenvalue weighted by Gasteiger charge is -2.17. The first kappa shape index (κ1) is 33.7. The van der Waals surface area contributed by atoms with Gasteiger partial charge in [0.05, 0.1) is 38.7 Å². The van der Waals surface area contributed by atoms with Gasteiger partial charge in [-0.15, -0.1) is 0 Å². The Bertz CT molecular complexity index is 3860. The fourth-order valence-corrected chi connectivity index (χ4v) is 9.73. The van der Waals surface area contributed by atoms with Gasteiger partial charge in [0.1, 0.15) is 11.2 Å². The van der Waals surface area contributed by atoms with Crippen molar-refractivity contribution in [1.82, 2.24) is 19.1 Å². The van der Waals surface area contributed by atoms with Gasteiger partial charge >= 0.3 is 0 Å². The first-order valence-electron chi connectivity index (χ1n) is 20.7. The number of hydrogen-bond donors (Lipinski definition) is 0. The lowest BCUT2D eigenvalue weighted by atomic mass is 9.97. The Balaban J connectivity index is 1.19. The van der Waals surface area contributed by atoms with E-state index < -0.39 is 0 Å². The van der Waals surface area contributed by atoms with Gasteiger partial charge in [0.2, 0.25) is 0 Å². The zero-order chi connectivity index (χ0) is 40.0. The SMILES string of the molecule is c1ccc(-c2cc(-n3c4ccccc4c4c5oc6ccccc6c5c5c6ccccc6n(-c6ccccc6)c5c43)ccc2-c2nc(-c3ccccc3)c3ccccc3n2)cc1. The maximum Gasteiger partial charge on any atom is 0.161 e. The topological polar surface area (TPSA) is 48.8 Å². The lowest BCUT2D eigenvalue weighted by molar-refractivity contribution is 0.673. The number of nitrogens with zero attached hydrogens (tertiary/aromatic N) is 4. The van der Waals surface area contributed by atoms with Crippen LogP contribution in [0.25, 0.3) is 122 Å². The Morgan fingerprint density at radius 1 is 0.377 bits per heavy atom. The standard InChI is InChI=1S/C56H34N4O/c1-4-18-35(19-5-1)44-34-38(32-33-39(44)56-57-45-28-14-10-24-40(45)52(58-56)36-20-6-2-7-21-36)60-47-30-16-12-26-42(47)51-54(60)53-49(50-43-27-13-17-31-48(43)61-55(50)51)41-25-11-15-29-46(41)59(53)37-22-8-3-9-23-37/h1-34H. The normalized spacial score (nSPS) is 11.9. The summed E-state index contributed by atoms with van der Waals surface area (Å²) in [6, 6.07) is 72.8. The Morgan fingerprint density at radius 3 is 1.67 bits per heavy atom. The molecule has 0 N–H and O–H groups in total. The third-order valence-corrected chi connectivity index (χ3v) is 12.3. The third kappa shape index (κ3) is 4.95. The van der Waals surface area contributed by atoms with Gasteiger partial charge in [-0.3, -0.25) is 0 Å². The molecule has 0 bridgehead atoms. The number of aromatic nitrogens is 4. The zero-order valence-electron chi connectivity index (χ0n) is 32.8. The smallest absolute Gasteiger partial charge is 0.161 e. The van der Waals surface area contributed by atoms with Crippen molar-refractivity contribution in [2.24, 2.45) is 0 Å². The van der Waals surface area contributed by atoms with E-state index in [1.54, 1.807) is 0 Å². The fourth-order valence-electron chi connectivity index (χ4n) is 9.73. The van der Waals surface area contributed by atoms with Gasteiger partial charge in [-0.05, 0) is 65.7 Å². The quantitative estimate of drug-likeness (QED) is 0.175. The molecule has 4 aromatic heterocycles. The molecule has 0 atom stereocenters. The predicted octanol–water partition coefficient (Wildman–Crippen LogP) is 14.7. The number of para-hydroxylation sites is 5. The summed E-state index contributed by atoms with van der Waals surface area (Å²) >= 11 is 0. The zero-order valence-corrected chi connectivity index (χ0v) is 32.8. The second-order valence-corrected chi connectivity index (χ2v) is 15.7. The largest absolute Gasteiger partial charge is 0.455 e. The van der Waals surface area contributed by atoms with Crippen molar-refractivity contribution < 1.29 is 4.42 Å². The monoisotopic (exact) mass is 778 g/mol. The number of hydrogen-bond acceptors (Lipinski definition) is 3. The number of benzene rings is 9. The Labute approximate surface area is 350 Å². The maximum atomic E-state index is 7.01. The van der Waals surface area contributed by atoms with E-state index in [-0.39, 0.29) is 0 Å². The molecule has 0 saturated heterocycles. The summed E-state index contributed by atoms with van der Waals surface area (Å²) in [5, 5.41) is 7.84. The van der Waals surface area contributed by atoms with E-state index in [1.165, 1.54) is 10.8 Å². The molecule has 61 heavy (non-hydrogen) atoms. The molecule has 13 aromatic rings. The maximum absolute atomic E-state index is 7.01. The van der Waals surface area contributed by atoms with Crippen molar-refractivity contribution in [3.8, 4) is 45.1 Å².